The molecule has 2 bridgehead atoms. The van der Waals surface area contributed by atoms with E-state index in [1.54, 1.807) is 6.07 Å². The molecular weight excluding hydrogens is 414 g/mol. The lowest BCUT2D eigenvalue weighted by Gasteiger charge is -2.43. The lowest BCUT2D eigenvalue weighted by atomic mass is 9.83. The van der Waals surface area contributed by atoms with Crippen molar-refractivity contribution in [1.29, 1.82) is 0 Å². The second-order valence-electron chi connectivity index (χ2n) is 7.24. The van der Waals surface area contributed by atoms with Crippen molar-refractivity contribution >= 4 is 50.7 Å². The maximum Gasteiger partial charge on any atom is 0.250 e. The maximum atomic E-state index is 12.4. The molecule has 0 unspecified atom stereocenters. The van der Waals surface area contributed by atoms with Crippen molar-refractivity contribution in [2.45, 2.75) is 38.0 Å². The largest absolute Gasteiger partial charge is 0.356 e. The van der Waals surface area contributed by atoms with Crippen molar-refractivity contribution in [3.63, 3.8) is 0 Å². The summed E-state index contributed by atoms with van der Waals surface area (Å²) in [7, 11) is 0. The molecule has 0 aromatic carbocycles. The summed E-state index contributed by atoms with van der Waals surface area (Å²) in [5.74, 6) is 0.574. The Kier molecular flexibility index (Phi) is 5.52. The Labute approximate surface area is 176 Å². The van der Waals surface area contributed by atoms with Crippen LogP contribution in [0.3, 0.4) is 0 Å². The second kappa shape index (κ2) is 7.92. The number of anilines is 1. The molecule has 4 heterocycles. The van der Waals surface area contributed by atoms with Crippen LogP contribution in [0.4, 0.5) is 5.13 Å². The Morgan fingerprint density at radius 3 is 2.93 bits per heavy atom. The zero-order chi connectivity index (χ0) is 19.8. The number of thiocarbonyl (C=S) groups is 1. The number of pyridine rings is 1. The molecule has 148 valence electrons. The molecule has 1 N–H and O–H groups in total. The number of carbonyl (C=O) groups is 1. The Balaban J connectivity index is 1.39. The molecule has 3 atom stereocenters. The third-order valence-electron chi connectivity index (χ3n) is 5.14. The first-order valence-corrected chi connectivity index (χ1v) is 11.3. The number of fused-ring (bicyclic) bond motifs is 4. The smallest absolute Gasteiger partial charge is 0.250 e. The van der Waals surface area contributed by atoms with Crippen molar-refractivity contribution in [3.05, 3.63) is 39.3 Å². The van der Waals surface area contributed by atoms with Crippen LogP contribution < -0.4 is 10.9 Å². The number of hydrogen-bond acceptors (Lipinski definition) is 7. The monoisotopic (exact) mass is 435 g/mol. The number of carbonyl (C=O) groups excluding carboxylic acids is 1. The molecule has 1 amide bonds. The highest BCUT2D eigenvalue weighted by atomic mass is 32.2. The fourth-order valence-electron chi connectivity index (χ4n) is 3.88. The van der Waals surface area contributed by atoms with Gasteiger partial charge in [0.15, 0.2) is 0 Å². The van der Waals surface area contributed by atoms with Gasteiger partial charge in [-0.2, -0.15) is 0 Å². The number of aryl methyl sites for hydroxylation is 1. The van der Waals surface area contributed by atoms with Gasteiger partial charge in [0.1, 0.15) is 9.33 Å². The van der Waals surface area contributed by atoms with E-state index in [2.05, 4.69) is 20.4 Å². The molecule has 2 aliphatic rings. The Bertz CT molecular complexity index is 972. The molecular formula is C18H21N5O2S3. The first-order valence-electron chi connectivity index (χ1n) is 9.17. The highest BCUT2D eigenvalue weighted by molar-refractivity contribution is 8.23. The fraction of sp³-hybridized carbons (Fsp3) is 0.500. The molecule has 4 rings (SSSR count). The number of aromatic nitrogens is 3. The van der Waals surface area contributed by atoms with E-state index in [1.165, 1.54) is 23.1 Å². The van der Waals surface area contributed by atoms with Crippen molar-refractivity contribution in [2.75, 3.05) is 18.4 Å². The SMILES string of the molecule is Cc1nnc(NC(=O)[C@@H](C)SC(=S)N2C[C@H]3C[C@@H](C2)c2cccc(=O)n2C3)s1. The van der Waals surface area contributed by atoms with Gasteiger partial charge in [0.05, 0.1) is 5.25 Å². The summed E-state index contributed by atoms with van der Waals surface area (Å²) in [5.41, 5.74) is 1.17. The maximum absolute atomic E-state index is 12.4. The van der Waals surface area contributed by atoms with Crippen LogP contribution in [-0.2, 0) is 11.3 Å². The van der Waals surface area contributed by atoms with E-state index in [1.807, 2.05) is 30.5 Å². The summed E-state index contributed by atoms with van der Waals surface area (Å²) >= 11 is 8.40. The fourth-order valence-corrected chi connectivity index (χ4v) is 5.82. The lowest BCUT2D eigenvalue weighted by molar-refractivity contribution is -0.115. The molecule has 1 saturated heterocycles. The summed E-state index contributed by atoms with van der Waals surface area (Å²) in [6.45, 7) is 6.05. The molecule has 1 fully saturated rings. The normalized spacial score (nSPS) is 21.7. The highest BCUT2D eigenvalue weighted by Crippen LogP contribution is 2.36. The van der Waals surface area contributed by atoms with Gasteiger partial charge in [-0.25, -0.2) is 0 Å². The molecule has 28 heavy (non-hydrogen) atoms. The predicted octanol–water partition coefficient (Wildman–Crippen LogP) is 2.47. The first kappa shape index (κ1) is 19.5. The van der Waals surface area contributed by atoms with Gasteiger partial charge in [-0.3, -0.25) is 14.9 Å². The van der Waals surface area contributed by atoms with Crippen LogP contribution in [0.5, 0.6) is 0 Å². The van der Waals surface area contributed by atoms with Gasteiger partial charge in [0, 0.05) is 37.3 Å². The van der Waals surface area contributed by atoms with Crippen molar-refractivity contribution in [3.8, 4) is 0 Å². The summed E-state index contributed by atoms with van der Waals surface area (Å²) in [6, 6.07) is 5.51. The van der Waals surface area contributed by atoms with E-state index in [0.29, 0.717) is 17.0 Å². The standard InChI is InChI=1S/C18H21N5O2S3/c1-10(16(25)19-17-21-20-11(2)28-17)27-18(26)22-7-12-6-13(9-22)14-4-3-5-15(24)23(14)8-12/h3-5,10,12-13H,6-9H2,1-2H3,(H,19,21,25)/t10-,12-,13+/m1/s1. The molecule has 0 aliphatic carbocycles. The highest BCUT2D eigenvalue weighted by Gasteiger charge is 2.35. The quantitative estimate of drug-likeness (QED) is 0.742. The van der Waals surface area contributed by atoms with Crippen molar-refractivity contribution in [1.82, 2.24) is 19.7 Å². The zero-order valence-corrected chi connectivity index (χ0v) is 18.1. The van der Waals surface area contributed by atoms with E-state index in [4.69, 9.17) is 12.2 Å². The van der Waals surface area contributed by atoms with Crippen LogP contribution >= 0.6 is 35.3 Å². The van der Waals surface area contributed by atoms with Crippen LogP contribution in [-0.4, -0.2) is 48.2 Å². The molecule has 0 spiro atoms. The molecule has 10 heteroatoms. The topological polar surface area (TPSA) is 80.1 Å². The molecule has 2 aromatic rings. The number of rotatable bonds is 3. The number of piperidine rings is 1. The Morgan fingerprint density at radius 2 is 2.18 bits per heavy atom. The van der Waals surface area contributed by atoms with E-state index in [-0.39, 0.29) is 16.7 Å². The van der Waals surface area contributed by atoms with E-state index in [9.17, 15) is 9.59 Å². The number of hydrogen-bond donors (Lipinski definition) is 1. The summed E-state index contributed by atoms with van der Waals surface area (Å²) in [5, 5.41) is 11.6. The van der Waals surface area contributed by atoms with E-state index in [0.717, 1.165) is 41.1 Å². The zero-order valence-electron chi connectivity index (χ0n) is 15.6. The van der Waals surface area contributed by atoms with Gasteiger partial charge in [-0.1, -0.05) is 41.4 Å². The van der Waals surface area contributed by atoms with E-state index < -0.39 is 0 Å². The molecule has 2 aromatic heterocycles. The van der Waals surface area contributed by atoms with Gasteiger partial charge >= 0.3 is 0 Å². The third kappa shape index (κ3) is 3.99. The van der Waals surface area contributed by atoms with Crippen LogP contribution in [0.1, 0.15) is 30.0 Å². The Morgan fingerprint density at radius 1 is 1.36 bits per heavy atom. The third-order valence-corrected chi connectivity index (χ3v) is 7.47. The van der Waals surface area contributed by atoms with Gasteiger partial charge < -0.3 is 9.47 Å². The average Bonchev–Trinajstić information content (AvgIpc) is 3.07. The minimum absolute atomic E-state index is 0.0785. The average molecular weight is 436 g/mol. The van der Waals surface area contributed by atoms with Crippen molar-refractivity contribution < 1.29 is 4.79 Å². The molecule has 7 nitrogen and oxygen atoms in total. The molecule has 0 radical (unpaired) electrons. The van der Waals surface area contributed by atoms with Gasteiger partial charge in [-0.05, 0) is 32.3 Å². The minimum Gasteiger partial charge on any atom is -0.356 e. The number of nitrogens with zero attached hydrogens (tertiary/aromatic N) is 4. The summed E-state index contributed by atoms with van der Waals surface area (Å²) in [4.78, 5) is 26.8. The van der Waals surface area contributed by atoms with Crippen LogP contribution in [0.2, 0.25) is 0 Å². The van der Waals surface area contributed by atoms with Gasteiger partial charge in [0.2, 0.25) is 11.0 Å². The van der Waals surface area contributed by atoms with Gasteiger partial charge in [0.25, 0.3) is 5.56 Å². The number of thioether (sulfide) groups is 1. The van der Waals surface area contributed by atoms with Crippen LogP contribution in [0.15, 0.2) is 23.0 Å². The number of amides is 1. The van der Waals surface area contributed by atoms with Crippen LogP contribution in [0, 0.1) is 12.8 Å². The second-order valence-corrected chi connectivity index (χ2v) is 10.4. The van der Waals surface area contributed by atoms with E-state index >= 15 is 0 Å². The summed E-state index contributed by atoms with van der Waals surface area (Å²) < 4.78 is 2.64. The molecule has 2 aliphatic heterocycles. The lowest BCUT2D eigenvalue weighted by Crippen LogP contribution is -2.48. The summed E-state index contributed by atoms with van der Waals surface area (Å²) in [6.07, 6.45) is 1.08. The van der Waals surface area contributed by atoms with Gasteiger partial charge in [-0.15, -0.1) is 10.2 Å². The van der Waals surface area contributed by atoms with Crippen LogP contribution in [0.25, 0.3) is 0 Å². The number of likely N-dealkylation sites (tertiary alicyclic amines) is 1. The number of nitrogens with one attached hydrogen (secondary N) is 1. The molecule has 0 saturated carbocycles. The minimum atomic E-state index is -0.326. The van der Waals surface area contributed by atoms with Crippen molar-refractivity contribution in [2.24, 2.45) is 5.92 Å². The Hall–Kier alpha value is -1.78. The predicted molar refractivity (Wildman–Crippen MR) is 116 cm³/mol. The first-order chi connectivity index (χ1) is 13.4.